The van der Waals surface area contributed by atoms with Crippen molar-refractivity contribution in [2.24, 2.45) is 5.10 Å². The van der Waals surface area contributed by atoms with Gasteiger partial charge in [0, 0.05) is 26.2 Å². The highest BCUT2D eigenvalue weighted by molar-refractivity contribution is 5.81. The Balaban J connectivity index is 1.51. The van der Waals surface area contributed by atoms with E-state index in [0.717, 1.165) is 5.56 Å². The van der Waals surface area contributed by atoms with Crippen molar-refractivity contribution in [2.45, 2.75) is 6.92 Å². The number of nitrogens with one attached hydrogen (secondary N) is 1. The number of aliphatic carboxylic acids is 1. The minimum Gasteiger partial charge on any atom is -0.490 e. The van der Waals surface area contributed by atoms with E-state index in [9.17, 15) is 4.79 Å². The molecule has 0 saturated carbocycles. The second-order valence-corrected chi connectivity index (χ2v) is 7.65. The molecule has 2 N–H and O–H groups in total. The third-order valence-corrected chi connectivity index (χ3v) is 5.20. The Morgan fingerprint density at radius 2 is 1.66 bits per heavy atom. The molecular formula is C22H29N7O6. The third kappa shape index (κ3) is 6.90. The van der Waals surface area contributed by atoms with Crippen LogP contribution in [-0.4, -0.2) is 98.1 Å². The van der Waals surface area contributed by atoms with Crippen molar-refractivity contribution in [1.29, 1.82) is 0 Å². The van der Waals surface area contributed by atoms with Crippen LogP contribution in [0.5, 0.6) is 11.5 Å². The van der Waals surface area contributed by atoms with Crippen LogP contribution in [0.3, 0.4) is 0 Å². The number of nitrogens with zero attached hydrogens (tertiary/aromatic N) is 6. The highest BCUT2D eigenvalue weighted by Gasteiger charge is 2.20. The predicted molar refractivity (Wildman–Crippen MR) is 128 cm³/mol. The molecule has 0 amide bonds. The van der Waals surface area contributed by atoms with Crippen molar-refractivity contribution in [2.75, 3.05) is 81.0 Å². The van der Waals surface area contributed by atoms with Gasteiger partial charge in [-0.15, -0.1) is 0 Å². The van der Waals surface area contributed by atoms with Crippen LogP contribution in [0.4, 0.5) is 17.8 Å². The summed E-state index contributed by atoms with van der Waals surface area (Å²) in [5, 5.41) is 13.1. The number of rotatable bonds is 10. The van der Waals surface area contributed by atoms with Gasteiger partial charge in [0.25, 0.3) is 0 Å². The largest absolute Gasteiger partial charge is 0.490 e. The number of hydrazone groups is 1. The van der Waals surface area contributed by atoms with E-state index in [4.69, 9.17) is 24.1 Å². The summed E-state index contributed by atoms with van der Waals surface area (Å²) < 4.78 is 21.8. The fraction of sp³-hybridized carbons (Fsp3) is 0.500. The molecule has 0 bridgehead atoms. The summed E-state index contributed by atoms with van der Waals surface area (Å²) in [7, 11) is 0. The van der Waals surface area contributed by atoms with Gasteiger partial charge in [-0.3, -0.25) is 0 Å². The molecule has 188 valence electrons. The zero-order valence-electron chi connectivity index (χ0n) is 19.6. The molecule has 0 radical (unpaired) electrons. The van der Waals surface area contributed by atoms with Gasteiger partial charge in [-0.2, -0.15) is 20.1 Å². The van der Waals surface area contributed by atoms with Crippen LogP contribution in [0.25, 0.3) is 0 Å². The summed E-state index contributed by atoms with van der Waals surface area (Å²) >= 11 is 0. The minimum atomic E-state index is -1.06. The van der Waals surface area contributed by atoms with Crippen LogP contribution in [0.15, 0.2) is 23.3 Å². The third-order valence-electron chi connectivity index (χ3n) is 5.20. The van der Waals surface area contributed by atoms with Gasteiger partial charge in [-0.25, -0.2) is 10.2 Å². The van der Waals surface area contributed by atoms with E-state index in [1.54, 1.807) is 24.4 Å². The topological polar surface area (TPSA) is 144 Å². The molecular weight excluding hydrogens is 458 g/mol. The zero-order valence-corrected chi connectivity index (χ0v) is 19.6. The van der Waals surface area contributed by atoms with Crippen molar-refractivity contribution in [3.05, 3.63) is 23.8 Å². The number of aromatic nitrogens is 3. The first-order valence-electron chi connectivity index (χ1n) is 11.4. The molecule has 13 heteroatoms. The summed E-state index contributed by atoms with van der Waals surface area (Å²) in [4.78, 5) is 28.7. The number of carboxylic acid groups (broad SMARTS) is 1. The second-order valence-electron chi connectivity index (χ2n) is 7.65. The Kier molecular flexibility index (Phi) is 8.46. The maximum atomic E-state index is 10.8. The molecule has 0 spiro atoms. The standard InChI is InChI=1S/C22H29N7O6/c1-2-34-18-13-16(3-4-17(18)35-15-19(30)31)14-23-27-20-24-21(28-5-9-32-10-6-28)26-22(25-20)29-7-11-33-12-8-29/h3-4,13-14H,2,5-12,15H2,1H3,(H,30,31)(H,24,25,26,27). The van der Waals surface area contributed by atoms with Crippen LogP contribution in [-0.2, 0) is 14.3 Å². The van der Waals surface area contributed by atoms with Crippen molar-refractivity contribution >= 4 is 30.0 Å². The number of carboxylic acids is 1. The summed E-state index contributed by atoms with van der Waals surface area (Å²) in [6, 6.07) is 5.11. The molecule has 2 fully saturated rings. The Bertz CT molecular complexity index is 989. The summed E-state index contributed by atoms with van der Waals surface area (Å²) in [6.45, 7) is 7.06. The molecule has 3 heterocycles. The monoisotopic (exact) mass is 487 g/mol. The Labute approximate surface area is 202 Å². The number of benzene rings is 1. The predicted octanol–water partition coefficient (Wildman–Crippen LogP) is 0.853. The Morgan fingerprint density at radius 3 is 2.23 bits per heavy atom. The molecule has 13 nitrogen and oxygen atoms in total. The molecule has 0 aliphatic carbocycles. The Morgan fingerprint density at radius 1 is 1.03 bits per heavy atom. The van der Waals surface area contributed by atoms with Crippen molar-refractivity contribution in [3.8, 4) is 11.5 Å². The van der Waals surface area contributed by atoms with E-state index in [1.165, 1.54) is 0 Å². The second kappa shape index (κ2) is 12.1. The van der Waals surface area contributed by atoms with E-state index < -0.39 is 12.6 Å². The fourth-order valence-corrected chi connectivity index (χ4v) is 3.51. The molecule has 1 aromatic carbocycles. The van der Waals surface area contributed by atoms with Gasteiger partial charge >= 0.3 is 5.97 Å². The quantitative estimate of drug-likeness (QED) is 0.362. The van der Waals surface area contributed by atoms with Crippen molar-refractivity contribution < 1.29 is 28.8 Å². The van der Waals surface area contributed by atoms with E-state index in [0.29, 0.717) is 88.6 Å². The number of morpholine rings is 2. The summed E-state index contributed by atoms with van der Waals surface area (Å²) in [5.41, 5.74) is 3.62. The van der Waals surface area contributed by atoms with Gasteiger partial charge in [0.1, 0.15) is 0 Å². The summed E-state index contributed by atoms with van der Waals surface area (Å²) in [6.07, 6.45) is 1.59. The molecule has 2 aliphatic rings. The highest BCUT2D eigenvalue weighted by Crippen LogP contribution is 2.28. The van der Waals surface area contributed by atoms with E-state index >= 15 is 0 Å². The first kappa shape index (κ1) is 24.4. The first-order valence-corrected chi connectivity index (χ1v) is 11.4. The van der Waals surface area contributed by atoms with E-state index in [1.807, 2.05) is 6.92 Å². The average molecular weight is 488 g/mol. The van der Waals surface area contributed by atoms with Gasteiger partial charge in [-0.1, -0.05) is 0 Å². The number of ether oxygens (including phenoxy) is 4. The van der Waals surface area contributed by atoms with Crippen LogP contribution < -0.4 is 24.7 Å². The molecule has 2 aromatic rings. The lowest BCUT2D eigenvalue weighted by Gasteiger charge is -2.30. The molecule has 2 aliphatic heterocycles. The number of anilines is 3. The highest BCUT2D eigenvalue weighted by atomic mass is 16.5. The van der Waals surface area contributed by atoms with Crippen LogP contribution >= 0.6 is 0 Å². The molecule has 1 aromatic heterocycles. The molecule has 0 atom stereocenters. The number of hydrogen-bond acceptors (Lipinski definition) is 12. The van der Waals surface area contributed by atoms with E-state index in [-0.39, 0.29) is 0 Å². The Hall–Kier alpha value is -3.71. The zero-order chi connectivity index (χ0) is 24.5. The van der Waals surface area contributed by atoms with Gasteiger partial charge < -0.3 is 33.9 Å². The van der Waals surface area contributed by atoms with Crippen molar-refractivity contribution in [1.82, 2.24) is 15.0 Å². The molecule has 35 heavy (non-hydrogen) atoms. The molecule has 2 saturated heterocycles. The smallest absolute Gasteiger partial charge is 0.341 e. The van der Waals surface area contributed by atoms with Gasteiger partial charge in [-0.05, 0) is 30.7 Å². The average Bonchev–Trinajstić information content (AvgIpc) is 2.89. The fourth-order valence-electron chi connectivity index (χ4n) is 3.51. The molecule has 0 unspecified atom stereocenters. The number of carbonyl (C=O) groups is 1. The van der Waals surface area contributed by atoms with Gasteiger partial charge in [0.15, 0.2) is 18.1 Å². The van der Waals surface area contributed by atoms with Crippen LogP contribution in [0.2, 0.25) is 0 Å². The SMILES string of the molecule is CCOc1cc(C=NNc2nc(N3CCOCC3)nc(N3CCOCC3)n2)ccc1OCC(=O)O. The summed E-state index contributed by atoms with van der Waals surface area (Å²) in [5.74, 6) is 1.18. The van der Waals surface area contributed by atoms with Crippen molar-refractivity contribution in [3.63, 3.8) is 0 Å². The normalized spacial score (nSPS) is 16.4. The lowest BCUT2D eigenvalue weighted by molar-refractivity contribution is -0.139. The lowest BCUT2D eigenvalue weighted by atomic mass is 10.2. The maximum Gasteiger partial charge on any atom is 0.341 e. The first-order chi connectivity index (χ1) is 17.1. The minimum absolute atomic E-state index is 0.325. The maximum absolute atomic E-state index is 10.8. The van der Waals surface area contributed by atoms with Gasteiger partial charge in [0.05, 0.1) is 39.2 Å². The molecule has 4 rings (SSSR count). The van der Waals surface area contributed by atoms with E-state index in [2.05, 4.69) is 35.3 Å². The van der Waals surface area contributed by atoms with Crippen LogP contribution in [0.1, 0.15) is 12.5 Å². The van der Waals surface area contributed by atoms with Gasteiger partial charge in [0.2, 0.25) is 17.8 Å². The number of hydrogen-bond donors (Lipinski definition) is 2. The lowest BCUT2D eigenvalue weighted by Crippen LogP contribution is -2.40. The van der Waals surface area contributed by atoms with Crippen LogP contribution in [0, 0.1) is 0 Å².